The molecule has 0 saturated heterocycles. The predicted octanol–water partition coefficient (Wildman–Crippen LogP) is 1.78. The molecule has 2 rings (SSSR count). The molecule has 6 nitrogen and oxygen atoms in total. The molecule has 0 fully saturated rings. The summed E-state index contributed by atoms with van der Waals surface area (Å²) in [5, 5.41) is 2.30. The van der Waals surface area contributed by atoms with E-state index in [0.717, 1.165) is 18.2 Å². The molecule has 0 aliphatic rings. The average Bonchev–Trinajstić information content (AvgIpc) is 2.97. The lowest BCUT2D eigenvalue weighted by molar-refractivity contribution is 0.0953. The highest BCUT2D eigenvalue weighted by Gasteiger charge is 2.17. The molecule has 1 amide bonds. The fraction of sp³-hybridized carbons (Fsp3) is 0.154. The van der Waals surface area contributed by atoms with E-state index in [1.54, 1.807) is 0 Å². The Bertz CT molecular complexity index is 762. The number of nitrogens with one attached hydrogen (secondary N) is 2. The van der Waals surface area contributed by atoms with Crippen LogP contribution in [0.15, 0.2) is 46.1 Å². The fourth-order valence-corrected chi connectivity index (χ4v) is 3.19. The van der Waals surface area contributed by atoms with E-state index in [2.05, 4.69) is 10.0 Å². The molecule has 0 unspecified atom stereocenters. The molecule has 0 spiro atoms. The first-order valence-electron chi connectivity index (χ1n) is 6.15. The van der Waals surface area contributed by atoms with E-state index in [1.165, 1.54) is 18.6 Å². The Morgan fingerprint density at radius 3 is 2.68 bits per heavy atom. The molecule has 2 aromatic rings. The highest BCUT2D eigenvalue weighted by atomic mass is 35.5. The molecule has 2 N–H and O–H groups in total. The van der Waals surface area contributed by atoms with Gasteiger partial charge in [-0.3, -0.25) is 4.79 Å². The van der Waals surface area contributed by atoms with Gasteiger partial charge in [0, 0.05) is 13.1 Å². The summed E-state index contributed by atoms with van der Waals surface area (Å²) in [4.78, 5) is 11.4. The summed E-state index contributed by atoms with van der Waals surface area (Å²) in [6, 6.07) is 4.47. The third-order valence-electron chi connectivity index (χ3n) is 2.67. The monoisotopic (exact) mass is 346 g/mol. The zero-order valence-corrected chi connectivity index (χ0v) is 12.7. The van der Waals surface area contributed by atoms with Crippen LogP contribution in [0, 0.1) is 5.82 Å². The van der Waals surface area contributed by atoms with Gasteiger partial charge >= 0.3 is 0 Å². The first kappa shape index (κ1) is 16.5. The number of hydrogen-bond acceptors (Lipinski definition) is 4. The Kier molecular flexibility index (Phi) is 5.17. The van der Waals surface area contributed by atoms with E-state index in [4.69, 9.17) is 16.0 Å². The van der Waals surface area contributed by atoms with Gasteiger partial charge in [-0.05, 0) is 24.3 Å². The Morgan fingerprint density at radius 1 is 1.27 bits per heavy atom. The summed E-state index contributed by atoms with van der Waals surface area (Å²) >= 11 is 5.71. The van der Waals surface area contributed by atoms with Crippen LogP contribution in [0.4, 0.5) is 4.39 Å². The van der Waals surface area contributed by atoms with Crippen LogP contribution in [-0.2, 0) is 10.0 Å². The fourth-order valence-electron chi connectivity index (χ4n) is 1.63. The number of sulfonamides is 1. The predicted molar refractivity (Wildman–Crippen MR) is 77.6 cm³/mol. The largest absolute Gasteiger partial charge is 0.472 e. The molecule has 0 aliphatic heterocycles. The Hall–Kier alpha value is -1.90. The number of hydrogen-bond donors (Lipinski definition) is 2. The van der Waals surface area contributed by atoms with Gasteiger partial charge in [-0.2, -0.15) is 0 Å². The van der Waals surface area contributed by atoms with Crippen molar-refractivity contribution in [1.29, 1.82) is 0 Å². The molecule has 22 heavy (non-hydrogen) atoms. The van der Waals surface area contributed by atoms with Crippen molar-refractivity contribution >= 4 is 27.5 Å². The van der Waals surface area contributed by atoms with Gasteiger partial charge in [-0.1, -0.05) is 11.6 Å². The normalized spacial score (nSPS) is 11.4. The zero-order chi connectivity index (χ0) is 16.2. The van der Waals surface area contributed by atoms with Crippen LogP contribution >= 0.6 is 11.6 Å². The molecular weight excluding hydrogens is 335 g/mol. The Morgan fingerprint density at radius 2 is 2.05 bits per heavy atom. The molecular formula is C13H12ClFN2O4S. The lowest BCUT2D eigenvalue weighted by Crippen LogP contribution is -2.34. The van der Waals surface area contributed by atoms with E-state index in [9.17, 15) is 17.6 Å². The number of furan rings is 1. The summed E-state index contributed by atoms with van der Waals surface area (Å²) in [5.74, 6) is -1.01. The second-order valence-corrected chi connectivity index (χ2v) is 6.38. The number of rotatable bonds is 6. The van der Waals surface area contributed by atoms with E-state index in [0.29, 0.717) is 5.56 Å². The minimum atomic E-state index is -3.88. The van der Waals surface area contributed by atoms with Gasteiger partial charge in [0.25, 0.3) is 5.91 Å². The van der Waals surface area contributed by atoms with Crippen molar-refractivity contribution in [2.75, 3.05) is 13.1 Å². The average molecular weight is 347 g/mol. The van der Waals surface area contributed by atoms with Crippen LogP contribution in [0.3, 0.4) is 0 Å². The first-order chi connectivity index (χ1) is 10.4. The molecule has 1 aromatic carbocycles. The molecule has 0 bridgehead atoms. The second-order valence-electron chi connectivity index (χ2n) is 4.24. The maximum Gasteiger partial charge on any atom is 0.254 e. The SMILES string of the molecule is O=C(NCCNS(=O)(=O)c1ccc(F)cc1Cl)c1ccoc1. The zero-order valence-electron chi connectivity index (χ0n) is 11.2. The van der Waals surface area contributed by atoms with Crippen molar-refractivity contribution in [3.63, 3.8) is 0 Å². The lowest BCUT2D eigenvalue weighted by atomic mass is 10.3. The molecule has 1 heterocycles. The topological polar surface area (TPSA) is 88.4 Å². The summed E-state index contributed by atoms with van der Waals surface area (Å²) < 4.78 is 43.9. The third kappa shape index (κ3) is 4.06. The van der Waals surface area contributed by atoms with Crippen LogP contribution in [-0.4, -0.2) is 27.4 Å². The van der Waals surface area contributed by atoms with Crippen molar-refractivity contribution in [2.24, 2.45) is 0 Å². The number of carbonyl (C=O) groups excluding carboxylic acids is 1. The van der Waals surface area contributed by atoms with Crippen LogP contribution in [0.1, 0.15) is 10.4 Å². The van der Waals surface area contributed by atoms with E-state index < -0.39 is 15.8 Å². The first-order valence-corrected chi connectivity index (χ1v) is 8.01. The van der Waals surface area contributed by atoms with E-state index in [1.807, 2.05) is 0 Å². The highest BCUT2D eigenvalue weighted by molar-refractivity contribution is 7.89. The Balaban J connectivity index is 1.89. The van der Waals surface area contributed by atoms with Gasteiger partial charge in [0.05, 0.1) is 16.8 Å². The van der Waals surface area contributed by atoms with Crippen molar-refractivity contribution < 1.29 is 22.0 Å². The number of carbonyl (C=O) groups is 1. The number of halogens is 2. The minimum absolute atomic E-state index is 0.0420. The standard InChI is InChI=1S/C13H12ClFN2O4S/c14-11-7-10(15)1-2-12(11)22(19,20)17-5-4-16-13(18)9-3-6-21-8-9/h1-3,6-8,17H,4-5H2,(H,16,18). The van der Waals surface area contributed by atoms with Crippen LogP contribution in [0.25, 0.3) is 0 Å². The molecule has 0 radical (unpaired) electrons. The van der Waals surface area contributed by atoms with Crippen LogP contribution < -0.4 is 10.0 Å². The molecule has 1 aromatic heterocycles. The lowest BCUT2D eigenvalue weighted by Gasteiger charge is -2.09. The smallest absolute Gasteiger partial charge is 0.254 e. The minimum Gasteiger partial charge on any atom is -0.472 e. The van der Waals surface area contributed by atoms with Gasteiger partial charge in [-0.15, -0.1) is 0 Å². The van der Waals surface area contributed by atoms with Crippen molar-refractivity contribution in [3.8, 4) is 0 Å². The van der Waals surface area contributed by atoms with Gasteiger partial charge in [0.1, 0.15) is 17.0 Å². The van der Waals surface area contributed by atoms with Crippen LogP contribution in [0.2, 0.25) is 5.02 Å². The second kappa shape index (κ2) is 6.91. The van der Waals surface area contributed by atoms with E-state index in [-0.39, 0.29) is 28.9 Å². The summed E-state index contributed by atoms with van der Waals surface area (Å²) in [5.41, 5.74) is 0.337. The van der Waals surface area contributed by atoms with Gasteiger partial charge < -0.3 is 9.73 Å². The summed E-state index contributed by atoms with van der Waals surface area (Å²) in [6.45, 7) is 0.0295. The third-order valence-corrected chi connectivity index (χ3v) is 4.61. The van der Waals surface area contributed by atoms with Gasteiger partial charge in [0.2, 0.25) is 10.0 Å². The summed E-state index contributed by atoms with van der Waals surface area (Å²) in [7, 11) is -3.88. The quantitative estimate of drug-likeness (QED) is 0.780. The highest BCUT2D eigenvalue weighted by Crippen LogP contribution is 2.21. The maximum atomic E-state index is 12.9. The summed E-state index contributed by atoms with van der Waals surface area (Å²) in [6.07, 6.45) is 2.63. The molecule has 0 saturated carbocycles. The Labute approximate surface area is 131 Å². The number of amides is 1. The van der Waals surface area contributed by atoms with Gasteiger partial charge in [-0.25, -0.2) is 17.5 Å². The molecule has 9 heteroatoms. The van der Waals surface area contributed by atoms with Crippen LogP contribution in [0.5, 0.6) is 0 Å². The number of benzene rings is 1. The van der Waals surface area contributed by atoms with Gasteiger partial charge in [0.15, 0.2) is 0 Å². The van der Waals surface area contributed by atoms with Crippen molar-refractivity contribution in [1.82, 2.24) is 10.0 Å². The maximum absolute atomic E-state index is 12.9. The van der Waals surface area contributed by atoms with E-state index >= 15 is 0 Å². The van der Waals surface area contributed by atoms with Crippen molar-refractivity contribution in [3.05, 3.63) is 53.2 Å². The molecule has 118 valence electrons. The molecule has 0 atom stereocenters. The van der Waals surface area contributed by atoms with Crippen molar-refractivity contribution in [2.45, 2.75) is 4.90 Å². The molecule has 0 aliphatic carbocycles.